The van der Waals surface area contributed by atoms with Gasteiger partial charge >= 0.3 is 5.97 Å². The Bertz CT molecular complexity index is 1280. The first kappa shape index (κ1) is 23.4. The molecule has 0 spiro atoms. The van der Waals surface area contributed by atoms with Crippen LogP contribution in [0.25, 0.3) is 6.08 Å². The predicted molar refractivity (Wildman–Crippen MR) is 136 cm³/mol. The quantitative estimate of drug-likeness (QED) is 0.171. The van der Waals surface area contributed by atoms with Crippen LogP contribution in [0.1, 0.15) is 23.6 Å². The second-order valence-electron chi connectivity index (χ2n) is 7.02. The molecule has 0 amide bonds. The molecule has 1 aliphatic rings. The fourth-order valence-electron chi connectivity index (χ4n) is 3.11. The molecule has 0 saturated carbocycles. The molecule has 0 N–H and O–H groups in total. The highest BCUT2D eigenvalue weighted by Crippen LogP contribution is 2.31. The molecule has 3 aromatic rings. The van der Waals surface area contributed by atoms with Crippen molar-refractivity contribution >= 4 is 56.5 Å². The molecule has 0 unspecified atom stereocenters. The number of hydrogen-bond acceptors (Lipinski definition) is 5. The first-order chi connectivity index (χ1) is 15.9. The van der Waals surface area contributed by atoms with E-state index in [0.29, 0.717) is 34.8 Å². The third-order valence-electron chi connectivity index (χ3n) is 4.64. The Balaban J connectivity index is 1.56. The van der Waals surface area contributed by atoms with Crippen molar-refractivity contribution in [1.82, 2.24) is 0 Å². The second-order valence-corrected chi connectivity index (χ2v) is 9.04. The summed E-state index contributed by atoms with van der Waals surface area (Å²) in [5.41, 5.74) is 2.31. The number of halogens is 3. The number of nitrogens with zero attached hydrogens (tertiary/aromatic N) is 1. The first-order valence-corrected chi connectivity index (χ1v) is 11.9. The molecule has 0 saturated heterocycles. The van der Waals surface area contributed by atoms with Crippen LogP contribution in [-0.2, 0) is 16.1 Å². The lowest BCUT2D eigenvalue weighted by atomic mass is 10.1. The summed E-state index contributed by atoms with van der Waals surface area (Å²) in [5.74, 6) is 0.446. The number of aliphatic imine (C=N–C) groups is 1. The maximum atomic E-state index is 13.4. The Kier molecular flexibility index (Phi) is 7.44. The molecule has 4 rings (SSSR count). The number of esters is 1. The minimum absolute atomic E-state index is 0.190. The molecule has 0 bridgehead atoms. The summed E-state index contributed by atoms with van der Waals surface area (Å²) in [4.78, 5) is 16.7. The normalized spacial score (nSPS) is 14.2. The number of benzene rings is 3. The van der Waals surface area contributed by atoms with E-state index in [1.807, 2.05) is 25.1 Å². The van der Waals surface area contributed by atoms with E-state index in [-0.39, 0.29) is 24.0 Å². The van der Waals surface area contributed by atoms with Gasteiger partial charge in [-0.3, -0.25) is 0 Å². The summed E-state index contributed by atoms with van der Waals surface area (Å²) < 4.78 is 32.2. The van der Waals surface area contributed by atoms with Crippen LogP contribution in [-0.4, -0.2) is 18.5 Å². The van der Waals surface area contributed by atoms with Gasteiger partial charge in [0.05, 0.1) is 6.61 Å². The Morgan fingerprint density at radius 1 is 1.09 bits per heavy atom. The number of rotatable bonds is 7. The Morgan fingerprint density at radius 2 is 1.94 bits per heavy atom. The van der Waals surface area contributed by atoms with Crippen molar-refractivity contribution in [2.24, 2.45) is 4.99 Å². The molecule has 0 atom stereocenters. The van der Waals surface area contributed by atoms with E-state index in [4.69, 9.17) is 14.2 Å². The van der Waals surface area contributed by atoms with Gasteiger partial charge in [-0.2, -0.15) is 0 Å². The maximum Gasteiger partial charge on any atom is 0.363 e. The number of carbonyl (C=O) groups is 1. The fourth-order valence-corrected chi connectivity index (χ4v) is 3.82. The highest BCUT2D eigenvalue weighted by molar-refractivity contribution is 14.1. The molecule has 0 radical (unpaired) electrons. The summed E-state index contributed by atoms with van der Waals surface area (Å²) in [7, 11) is 0. The SMILES string of the molecule is CCOc1cc(/C=C2\N=C(c3ccc(I)c(Br)c3)OC2=O)ccc1OCc1cccc(F)c1. The summed E-state index contributed by atoms with van der Waals surface area (Å²) >= 11 is 5.68. The van der Waals surface area contributed by atoms with Gasteiger partial charge in [0.15, 0.2) is 17.2 Å². The molecule has 1 heterocycles. The van der Waals surface area contributed by atoms with Crippen molar-refractivity contribution in [2.45, 2.75) is 13.5 Å². The van der Waals surface area contributed by atoms with E-state index in [2.05, 4.69) is 43.5 Å². The number of carbonyl (C=O) groups excluding carboxylic acids is 1. The molecular formula is C25H18BrFINO4. The monoisotopic (exact) mass is 621 g/mol. The Hall–Kier alpha value is -2.72. The van der Waals surface area contributed by atoms with Crippen LogP contribution >= 0.6 is 38.5 Å². The van der Waals surface area contributed by atoms with E-state index in [9.17, 15) is 9.18 Å². The van der Waals surface area contributed by atoms with Crippen LogP contribution in [0.4, 0.5) is 4.39 Å². The van der Waals surface area contributed by atoms with Gasteiger partial charge in [-0.05, 0) is 105 Å². The lowest BCUT2D eigenvalue weighted by Gasteiger charge is -2.13. The van der Waals surface area contributed by atoms with E-state index < -0.39 is 5.97 Å². The number of cyclic esters (lactones) is 1. The maximum absolute atomic E-state index is 13.4. The minimum atomic E-state index is -0.524. The van der Waals surface area contributed by atoms with E-state index >= 15 is 0 Å². The summed E-state index contributed by atoms with van der Waals surface area (Å²) in [6.45, 7) is 2.50. The van der Waals surface area contributed by atoms with E-state index in [1.165, 1.54) is 12.1 Å². The average molecular weight is 622 g/mol. The number of ether oxygens (including phenoxy) is 3. The van der Waals surface area contributed by atoms with Gasteiger partial charge in [-0.25, -0.2) is 14.2 Å². The van der Waals surface area contributed by atoms with Crippen molar-refractivity contribution in [2.75, 3.05) is 6.61 Å². The van der Waals surface area contributed by atoms with Gasteiger partial charge in [0.2, 0.25) is 5.90 Å². The predicted octanol–water partition coefficient (Wildman–Crippen LogP) is 6.52. The van der Waals surface area contributed by atoms with Gasteiger partial charge in [-0.15, -0.1) is 0 Å². The standard InChI is InChI=1S/C25H18BrFINO4/c1-2-31-23-12-15(6-9-22(23)32-14-16-4-3-5-18(27)10-16)11-21-25(30)33-24(29-21)17-7-8-20(28)19(26)13-17/h3-13H,2,14H2,1H3/b21-11-. The molecular weight excluding hydrogens is 604 g/mol. The average Bonchev–Trinajstić information content (AvgIpc) is 3.15. The molecule has 5 nitrogen and oxygen atoms in total. The van der Waals surface area contributed by atoms with Crippen molar-refractivity contribution in [3.8, 4) is 11.5 Å². The zero-order chi connectivity index (χ0) is 23.4. The second kappa shape index (κ2) is 10.5. The van der Waals surface area contributed by atoms with Crippen molar-refractivity contribution in [3.05, 3.63) is 96.9 Å². The largest absolute Gasteiger partial charge is 0.490 e. The van der Waals surface area contributed by atoms with Gasteiger partial charge in [0.25, 0.3) is 0 Å². The lowest BCUT2D eigenvalue weighted by molar-refractivity contribution is -0.129. The van der Waals surface area contributed by atoms with Gasteiger partial charge < -0.3 is 14.2 Å². The topological polar surface area (TPSA) is 57.1 Å². The van der Waals surface area contributed by atoms with Gasteiger partial charge in [0, 0.05) is 13.6 Å². The number of hydrogen-bond donors (Lipinski definition) is 0. The van der Waals surface area contributed by atoms with Crippen molar-refractivity contribution < 1.29 is 23.4 Å². The van der Waals surface area contributed by atoms with Crippen LogP contribution in [0.2, 0.25) is 0 Å². The fraction of sp³-hybridized carbons (Fsp3) is 0.120. The molecule has 168 valence electrons. The first-order valence-electron chi connectivity index (χ1n) is 10.0. The summed E-state index contributed by atoms with van der Waals surface area (Å²) in [6.07, 6.45) is 1.63. The molecule has 0 fully saturated rings. The lowest BCUT2D eigenvalue weighted by Crippen LogP contribution is -2.05. The van der Waals surface area contributed by atoms with Crippen LogP contribution in [0.3, 0.4) is 0 Å². The van der Waals surface area contributed by atoms with Crippen LogP contribution < -0.4 is 9.47 Å². The highest BCUT2D eigenvalue weighted by atomic mass is 127. The van der Waals surface area contributed by atoms with Gasteiger partial charge in [-0.1, -0.05) is 18.2 Å². The zero-order valence-corrected chi connectivity index (χ0v) is 21.2. The summed E-state index contributed by atoms with van der Waals surface area (Å²) in [5, 5.41) is 0. The van der Waals surface area contributed by atoms with E-state index in [0.717, 1.165) is 8.04 Å². The molecule has 0 aromatic heterocycles. The summed E-state index contributed by atoms with van der Waals surface area (Å²) in [6, 6.07) is 17.1. The smallest absolute Gasteiger partial charge is 0.363 e. The van der Waals surface area contributed by atoms with Gasteiger partial charge in [0.1, 0.15) is 12.4 Å². The Morgan fingerprint density at radius 3 is 2.70 bits per heavy atom. The third kappa shape index (κ3) is 5.80. The van der Waals surface area contributed by atoms with E-state index in [1.54, 1.807) is 36.4 Å². The molecule has 0 aliphatic carbocycles. The molecule has 3 aromatic carbocycles. The van der Waals surface area contributed by atoms with Crippen LogP contribution in [0.15, 0.2) is 75.8 Å². The minimum Gasteiger partial charge on any atom is -0.490 e. The Labute approximate surface area is 212 Å². The molecule has 1 aliphatic heterocycles. The zero-order valence-electron chi connectivity index (χ0n) is 17.5. The highest BCUT2D eigenvalue weighted by Gasteiger charge is 2.24. The third-order valence-corrected chi connectivity index (χ3v) is 6.98. The molecule has 33 heavy (non-hydrogen) atoms. The van der Waals surface area contributed by atoms with Crippen molar-refractivity contribution in [3.63, 3.8) is 0 Å². The molecule has 8 heteroatoms. The van der Waals surface area contributed by atoms with Crippen molar-refractivity contribution in [1.29, 1.82) is 0 Å². The van der Waals surface area contributed by atoms with Crippen LogP contribution in [0.5, 0.6) is 11.5 Å². The van der Waals surface area contributed by atoms with Crippen LogP contribution in [0, 0.1) is 9.39 Å².